The molecule has 0 unspecified atom stereocenters. The fourth-order valence-electron chi connectivity index (χ4n) is 3.85. The van der Waals surface area contributed by atoms with Gasteiger partial charge in [0.1, 0.15) is 9.84 Å². The molecule has 186 valence electrons. The number of nitrogens with zero attached hydrogens (tertiary/aromatic N) is 2. The minimum absolute atomic E-state index is 0.0640. The number of aliphatic hydroxyl groups excluding tert-OH is 1. The van der Waals surface area contributed by atoms with Crippen molar-refractivity contribution in [2.75, 3.05) is 32.3 Å². The molecule has 8 nitrogen and oxygen atoms in total. The van der Waals surface area contributed by atoms with Crippen LogP contribution >= 0.6 is 0 Å². The molecule has 1 aromatic heterocycles. The van der Waals surface area contributed by atoms with E-state index in [0.29, 0.717) is 23.7 Å². The Balaban J connectivity index is 2.34. The topological polar surface area (TPSA) is 99.8 Å². The van der Waals surface area contributed by atoms with Crippen LogP contribution in [0.15, 0.2) is 41.2 Å². The van der Waals surface area contributed by atoms with E-state index in [9.17, 15) is 31.5 Å². The normalized spacial score (nSPS) is 13.3. The predicted octanol–water partition coefficient (Wildman–Crippen LogP) is 2.86. The fourth-order valence-corrected chi connectivity index (χ4v) is 4.76. The maximum atomic E-state index is 13.4. The van der Waals surface area contributed by atoms with Crippen LogP contribution in [0.3, 0.4) is 0 Å². The van der Waals surface area contributed by atoms with Crippen LogP contribution in [0.1, 0.15) is 24.1 Å². The quantitative estimate of drug-likeness (QED) is 0.483. The lowest BCUT2D eigenvalue weighted by atomic mass is 10.1. The molecule has 34 heavy (non-hydrogen) atoms. The third-order valence-electron chi connectivity index (χ3n) is 5.26. The molecule has 1 atom stereocenters. The molecule has 2 aromatic carbocycles. The highest BCUT2D eigenvalue weighted by Gasteiger charge is 2.32. The summed E-state index contributed by atoms with van der Waals surface area (Å²) in [7, 11) is -2.21. The number of hydrogen-bond donors (Lipinski definition) is 1. The van der Waals surface area contributed by atoms with Crippen molar-refractivity contribution in [3.8, 4) is 11.5 Å². The van der Waals surface area contributed by atoms with Crippen LogP contribution in [-0.4, -0.2) is 55.0 Å². The summed E-state index contributed by atoms with van der Waals surface area (Å²) in [6.07, 6.45) is -3.64. The van der Waals surface area contributed by atoms with Gasteiger partial charge in [0.2, 0.25) is 0 Å². The van der Waals surface area contributed by atoms with Crippen LogP contribution in [0, 0.1) is 0 Å². The maximum absolute atomic E-state index is 13.4. The lowest BCUT2D eigenvalue weighted by Gasteiger charge is -2.20. The van der Waals surface area contributed by atoms with Crippen LogP contribution in [0.5, 0.6) is 11.5 Å². The summed E-state index contributed by atoms with van der Waals surface area (Å²) in [4.78, 5) is 13.4. The number of hydrogen-bond acceptors (Lipinski definition) is 6. The third kappa shape index (κ3) is 5.22. The van der Waals surface area contributed by atoms with Crippen molar-refractivity contribution in [3.05, 3.63) is 58.0 Å². The summed E-state index contributed by atoms with van der Waals surface area (Å²) < 4.78 is 77.6. The molecular formula is C22H25F3N2O6S. The number of benzene rings is 2. The third-order valence-corrected chi connectivity index (χ3v) is 6.18. The number of alkyl halides is 3. The van der Waals surface area contributed by atoms with Crippen molar-refractivity contribution in [1.82, 2.24) is 9.13 Å². The van der Waals surface area contributed by atoms with E-state index < -0.39 is 45.7 Å². The van der Waals surface area contributed by atoms with Crippen molar-refractivity contribution < 1.29 is 36.2 Å². The first-order chi connectivity index (χ1) is 15.9. The molecule has 0 aliphatic rings. The van der Waals surface area contributed by atoms with E-state index in [2.05, 4.69) is 0 Å². The largest absolute Gasteiger partial charge is 0.493 e. The van der Waals surface area contributed by atoms with Gasteiger partial charge in [-0.15, -0.1) is 0 Å². The van der Waals surface area contributed by atoms with Gasteiger partial charge in [-0.25, -0.2) is 13.2 Å². The summed E-state index contributed by atoms with van der Waals surface area (Å²) in [6, 6.07) is 6.39. The summed E-state index contributed by atoms with van der Waals surface area (Å²) in [6.45, 7) is 1.29. The van der Waals surface area contributed by atoms with Crippen LogP contribution in [0.2, 0.25) is 0 Å². The smallest absolute Gasteiger partial charge is 0.416 e. The average Bonchev–Trinajstić information content (AvgIpc) is 3.02. The van der Waals surface area contributed by atoms with Crippen molar-refractivity contribution in [2.45, 2.75) is 25.7 Å². The molecule has 0 radical (unpaired) electrons. The second-order valence-corrected chi connectivity index (χ2v) is 9.87. The first-order valence-electron chi connectivity index (χ1n) is 10.3. The second-order valence-electron chi connectivity index (χ2n) is 7.68. The molecule has 0 saturated heterocycles. The fraction of sp³-hybridized carbons (Fsp3) is 0.409. The average molecular weight is 503 g/mol. The minimum atomic E-state index is -4.65. The van der Waals surface area contributed by atoms with Gasteiger partial charge in [0, 0.05) is 6.26 Å². The number of methoxy groups -OCH3 is 1. The van der Waals surface area contributed by atoms with Crippen molar-refractivity contribution >= 4 is 20.9 Å². The summed E-state index contributed by atoms with van der Waals surface area (Å²) >= 11 is 0. The highest BCUT2D eigenvalue weighted by molar-refractivity contribution is 7.90. The van der Waals surface area contributed by atoms with Crippen LogP contribution in [-0.2, 0) is 22.6 Å². The van der Waals surface area contributed by atoms with Gasteiger partial charge < -0.3 is 14.6 Å². The Morgan fingerprint density at radius 1 is 1.09 bits per heavy atom. The highest BCUT2D eigenvalue weighted by atomic mass is 32.2. The van der Waals surface area contributed by atoms with Crippen molar-refractivity contribution in [3.63, 3.8) is 0 Å². The molecule has 1 N–H and O–H groups in total. The summed E-state index contributed by atoms with van der Waals surface area (Å²) in [5, 5.41) is 9.42. The lowest BCUT2D eigenvalue weighted by molar-refractivity contribution is -0.137. The van der Waals surface area contributed by atoms with Gasteiger partial charge in [0.05, 0.1) is 55.3 Å². The van der Waals surface area contributed by atoms with E-state index in [1.54, 1.807) is 25.1 Å². The van der Waals surface area contributed by atoms with Crippen molar-refractivity contribution in [1.29, 1.82) is 0 Å². The molecular weight excluding hydrogens is 477 g/mol. The molecule has 0 aliphatic carbocycles. The minimum Gasteiger partial charge on any atom is -0.493 e. The standard InChI is InChI=1S/C22H25F3N2O6S/c1-4-33-20-11-14(5-8-19(20)32-2)18(13-34(3,30)31)27-16-7-6-15(22(23,24)25)12-17(16)26(9-10-28)21(27)29/h5-8,11-12,18,28H,4,9-10,13H2,1-3H3/t18-/m0/s1. The molecule has 0 spiro atoms. The van der Waals surface area contributed by atoms with E-state index in [-0.39, 0.29) is 17.6 Å². The van der Waals surface area contributed by atoms with E-state index >= 15 is 0 Å². The summed E-state index contributed by atoms with van der Waals surface area (Å²) in [5.74, 6) is 0.227. The Morgan fingerprint density at radius 2 is 1.79 bits per heavy atom. The zero-order valence-corrected chi connectivity index (χ0v) is 19.6. The number of ether oxygens (including phenoxy) is 2. The highest BCUT2D eigenvalue weighted by Crippen LogP contribution is 2.35. The van der Waals surface area contributed by atoms with Gasteiger partial charge in [0.25, 0.3) is 0 Å². The van der Waals surface area contributed by atoms with E-state index in [1.165, 1.54) is 7.11 Å². The predicted molar refractivity (Wildman–Crippen MR) is 120 cm³/mol. The number of sulfone groups is 1. The lowest BCUT2D eigenvalue weighted by Crippen LogP contribution is -2.32. The zero-order valence-electron chi connectivity index (χ0n) is 18.8. The Bertz CT molecular complexity index is 1350. The summed E-state index contributed by atoms with van der Waals surface area (Å²) in [5.41, 5.74) is -1.28. The molecule has 1 heterocycles. The number of rotatable bonds is 9. The first kappa shape index (κ1) is 25.6. The van der Waals surface area contributed by atoms with Crippen LogP contribution < -0.4 is 15.2 Å². The number of imidazole rings is 1. The van der Waals surface area contributed by atoms with E-state index in [0.717, 1.165) is 33.6 Å². The van der Waals surface area contributed by atoms with Gasteiger partial charge in [-0.05, 0) is 42.8 Å². The molecule has 0 fully saturated rings. The van der Waals surface area contributed by atoms with Gasteiger partial charge in [-0.3, -0.25) is 9.13 Å². The molecule has 0 aliphatic heterocycles. The van der Waals surface area contributed by atoms with Crippen LogP contribution in [0.25, 0.3) is 11.0 Å². The maximum Gasteiger partial charge on any atom is 0.416 e. The first-order valence-corrected chi connectivity index (χ1v) is 12.4. The Hall–Kier alpha value is -2.99. The Kier molecular flexibility index (Phi) is 7.32. The Labute approximate surface area is 194 Å². The molecule has 3 rings (SSSR count). The zero-order chi connectivity index (χ0) is 25.3. The Morgan fingerprint density at radius 3 is 2.35 bits per heavy atom. The van der Waals surface area contributed by atoms with E-state index in [4.69, 9.17) is 9.47 Å². The van der Waals surface area contributed by atoms with Crippen molar-refractivity contribution in [2.24, 2.45) is 0 Å². The molecule has 0 amide bonds. The number of halogens is 3. The number of aliphatic hydroxyl groups is 1. The molecule has 3 aromatic rings. The van der Waals surface area contributed by atoms with Gasteiger partial charge in [-0.2, -0.15) is 13.2 Å². The molecule has 0 bridgehead atoms. The van der Waals surface area contributed by atoms with Gasteiger partial charge >= 0.3 is 11.9 Å². The second kappa shape index (κ2) is 9.71. The molecule has 0 saturated carbocycles. The van der Waals surface area contributed by atoms with Gasteiger partial charge in [0.15, 0.2) is 11.5 Å². The number of aromatic nitrogens is 2. The van der Waals surface area contributed by atoms with E-state index in [1.807, 2.05) is 0 Å². The van der Waals surface area contributed by atoms with Gasteiger partial charge in [-0.1, -0.05) is 6.07 Å². The SMILES string of the molecule is CCOc1cc([C@H](CS(C)(=O)=O)n2c(=O)n(CCO)c3cc(C(F)(F)F)ccc32)ccc1OC. The number of fused-ring (bicyclic) bond motifs is 1. The van der Waals surface area contributed by atoms with Crippen LogP contribution in [0.4, 0.5) is 13.2 Å². The molecule has 12 heteroatoms. The monoisotopic (exact) mass is 502 g/mol.